The Morgan fingerprint density at radius 1 is 0.955 bits per heavy atom. The summed E-state index contributed by atoms with van der Waals surface area (Å²) in [6, 6.07) is 14.1. The molecule has 7 rings (SSSR count). The van der Waals surface area contributed by atoms with E-state index >= 15 is 0 Å². The topological polar surface area (TPSA) is 120 Å². The van der Waals surface area contributed by atoms with Gasteiger partial charge in [-0.3, -0.25) is 4.79 Å². The lowest BCUT2D eigenvalue weighted by Gasteiger charge is -2.44. The molecule has 1 saturated carbocycles. The number of thiophene rings is 1. The van der Waals surface area contributed by atoms with Crippen LogP contribution in [0.1, 0.15) is 54.6 Å². The molecule has 0 spiro atoms. The molecule has 4 fully saturated rings. The van der Waals surface area contributed by atoms with E-state index < -0.39 is 27.9 Å². The van der Waals surface area contributed by atoms with Crippen LogP contribution in [0.15, 0.2) is 59.6 Å². The van der Waals surface area contributed by atoms with Gasteiger partial charge in [0, 0.05) is 30.7 Å². The molecule has 10 nitrogen and oxygen atoms in total. The highest BCUT2D eigenvalue weighted by Gasteiger charge is 2.44. The third-order valence-electron chi connectivity index (χ3n) is 9.45. The third kappa shape index (κ3) is 5.53. The minimum atomic E-state index is -4.03. The summed E-state index contributed by atoms with van der Waals surface area (Å²) in [4.78, 5) is 35.6. The molecule has 2 unspecified atom stereocenters. The first-order valence-electron chi connectivity index (χ1n) is 15.4. The first kappa shape index (κ1) is 29.4. The van der Waals surface area contributed by atoms with Crippen LogP contribution in [0.3, 0.4) is 0 Å². The molecule has 44 heavy (non-hydrogen) atoms. The minimum absolute atomic E-state index is 0.0502. The lowest BCUT2D eigenvalue weighted by atomic mass is 9.82. The Bertz CT molecular complexity index is 1630. The summed E-state index contributed by atoms with van der Waals surface area (Å²) in [5.41, 5.74) is 1.22. The van der Waals surface area contributed by atoms with Crippen molar-refractivity contribution < 1.29 is 27.9 Å². The highest BCUT2D eigenvalue weighted by molar-refractivity contribution is 7.89. The van der Waals surface area contributed by atoms with E-state index in [1.54, 1.807) is 23.1 Å². The number of fused-ring (bicyclic) bond motifs is 2. The minimum Gasteiger partial charge on any atom is -0.477 e. The summed E-state index contributed by atoms with van der Waals surface area (Å²) in [5.74, 6) is -0.733. The summed E-state index contributed by atoms with van der Waals surface area (Å²) >= 11 is 1.14. The summed E-state index contributed by atoms with van der Waals surface area (Å²) in [6.07, 6.45) is 8.63. The zero-order valence-electron chi connectivity index (χ0n) is 24.4. The quantitative estimate of drug-likeness (QED) is 0.391. The van der Waals surface area contributed by atoms with Gasteiger partial charge in [0.1, 0.15) is 15.6 Å². The van der Waals surface area contributed by atoms with Crippen molar-refractivity contribution in [3.05, 3.63) is 59.6 Å². The molecule has 3 aliphatic heterocycles. The Labute approximate surface area is 261 Å². The molecule has 2 bridgehead atoms. The van der Waals surface area contributed by atoms with Crippen molar-refractivity contribution in [3.63, 3.8) is 0 Å². The first-order chi connectivity index (χ1) is 21.3. The Hall–Kier alpha value is -3.32. The van der Waals surface area contributed by atoms with Crippen LogP contribution >= 0.6 is 11.3 Å². The number of aromatic nitrogens is 1. The molecule has 1 amide bonds. The number of piperazine rings is 1. The molecule has 4 aliphatic rings. The average Bonchev–Trinajstić information content (AvgIpc) is 3.64. The van der Waals surface area contributed by atoms with Crippen LogP contribution in [0, 0.1) is 5.92 Å². The van der Waals surface area contributed by atoms with E-state index in [2.05, 4.69) is 9.88 Å². The van der Waals surface area contributed by atoms with Crippen molar-refractivity contribution in [1.29, 1.82) is 0 Å². The van der Waals surface area contributed by atoms with Crippen molar-refractivity contribution in [3.8, 4) is 10.4 Å². The molecule has 3 atom stereocenters. The summed E-state index contributed by atoms with van der Waals surface area (Å²) in [6.45, 7) is 1.21. The van der Waals surface area contributed by atoms with Gasteiger partial charge in [-0.1, -0.05) is 49.6 Å². The number of carboxylic acids is 1. The second-order valence-electron chi connectivity index (χ2n) is 12.2. The number of carbonyl (C=O) groups excluding carboxylic acids is 1. The zero-order chi connectivity index (χ0) is 30.4. The molecule has 2 aromatic heterocycles. The predicted molar refractivity (Wildman–Crippen MR) is 168 cm³/mol. The number of aromatic carboxylic acids is 1. The second kappa shape index (κ2) is 11.9. The SMILES string of the molecule is O=C(O)c1sc(-c2ccccc2)cc1N1C(=O)CN(S(=O)(=O)c2ccc(N3CC4CC[C@H](C3)O4)nc2)CC1C1CCCCC1. The van der Waals surface area contributed by atoms with Gasteiger partial charge in [-0.05, 0) is 55.4 Å². The number of benzene rings is 1. The number of sulfonamides is 1. The van der Waals surface area contributed by atoms with Crippen molar-refractivity contribution in [1.82, 2.24) is 9.29 Å². The van der Waals surface area contributed by atoms with Crippen LogP contribution in [0.2, 0.25) is 0 Å². The number of carbonyl (C=O) groups is 2. The molecule has 1 N–H and O–H groups in total. The fourth-order valence-electron chi connectivity index (χ4n) is 7.26. The Kier molecular flexibility index (Phi) is 7.94. The number of pyridine rings is 1. The van der Waals surface area contributed by atoms with Gasteiger partial charge in [-0.25, -0.2) is 18.2 Å². The maximum Gasteiger partial charge on any atom is 0.348 e. The van der Waals surface area contributed by atoms with Crippen molar-refractivity contribution in [2.24, 2.45) is 5.92 Å². The molecule has 232 valence electrons. The van der Waals surface area contributed by atoms with Gasteiger partial charge in [0.25, 0.3) is 0 Å². The van der Waals surface area contributed by atoms with E-state index in [-0.39, 0.29) is 41.0 Å². The molecular formula is C32H36N4O6S2. The monoisotopic (exact) mass is 636 g/mol. The van der Waals surface area contributed by atoms with E-state index in [1.165, 1.54) is 10.5 Å². The lowest BCUT2D eigenvalue weighted by Crippen LogP contribution is -2.60. The summed E-state index contributed by atoms with van der Waals surface area (Å²) in [7, 11) is -4.03. The third-order valence-corrected chi connectivity index (χ3v) is 12.4. The van der Waals surface area contributed by atoms with Crippen molar-refractivity contribution >= 4 is 44.7 Å². The maximum atomic E-state index is 14.0. The maximum absolute atomic E-state index is 14.0. The number of nitrogens with zero attached hydrogens (tertiary/aromatic N) is 4. The largest absolute Gasteiger partial charge is 0.477 e. The lowest BCUT2D eigenvalue weighted by molar-refractivity contribution is -0.121. The number of morpholine rings is 1. The van der Waals surface area contributed by atoms with E-state index in [0.717, 1.165) is 85.6 Å². The Balaban J connectivity index is 1.18. The van der Waals surface area contributed by atoms with Gasteiger partial charge in [-0.2, -0.15) is 4.31 Å². The van der Waals surface area contributed by atoms with Gasteiger partial charge in [0.15, 0.2) is 0 Å². The zero-order valence-corrected chi connectivity index (χ0v) is 26.0. The standard InChI is InChI=1S/C32H36N4O6S2/c37-30-20-35(44(40,41)25-13-14-29(33-16-25)34-17-23-11-12-24(18-34)42-23)19-27(21-7-3-1-4-8-21)36(30)26-15-28(43-31(26)32(38)39)22-9-5-2-6-10-22/h2,5-6,9-10,13-16,21,23-24,27H,1,3-4,7-8,11-12,17-20H2,(H,38,39)/t23-,24?,27?/m1/s1. The second-order valence-corrected chi connectivity index (χ2v) is 15.2. The number of amides is 1. The number of anilines is 2. The number of ether oxygens (including phenoxy) is 1. The van der Waals surface area contributed by atoms with Crippen molar-refractivity contribution in [2.75, 3.05) is 36.0 Å². The number of hydrogen-bond acceptors (Lipinski definition) is 8. The Morgan fingerprint density at radius 3 is 2.34 bits per heavy atom. The van der Waals surface area contributed by atoms with Crippen LogP contribution in [0.25, 0.3) is 10.4 Å². The predicted octanol–water partition coefficient (Wildman–Crippen LogP) is 4.86. The summed E-state index contributed by atoms with van der Waals surface area (Å²) < 4.78 is 35.1. The van der Waals surface area contributed by atoms with Gasteiger partial charge >= 0.3 is 5.97 Å². The normalized spacial score (nSPS) is 25.0. The van der Waals surface area contributed by atoms with Gasteiger partial charge in [-0.15, -0.1) is 11.3 Å². The number of hydrogen-bond donors (Lipinski definition) is 1. The van der Waals surface area contributed by atoms with Gasteiger partial charge in [0.2, 0.25) is 15.9 Å². The van der Waals surface area contributed by atoms with Crippen LogP contribution in [0.5, 0.6) is 0 Å². The molecule has 0 radical (unpaired) electrons. The molecule has 1 aliphatic carbocycles. The molecule has 1 aromatic carbocycles. The fourth-order valence-corrected chi connectivity index (χ4v) is 9.61. The smallest absolute Gasteiger partial charge is 0.348 e. The van der Waals surface area contributed by atoms with Crippen LogP contribution in [0.4, 0.5) is 11.5 Å². The van der Waals surface area contributed by atoms with Crippen LogP contribution in [-0.2, 0) is 19.6 Å². The highest BCUT2D eigenvalue weighted by atomic mass is 32.2. The van der Waals surface area contributed by atoms with Gasteiger partial charge < -0.3 is 19.6 Å². The molecule has 5 heterocycles. The number of carboxylic acid groups (broad SMARTS) is 1. The molecule has 3 aromatic rings. The van der Waals surface area contributed by atoms with E-state index in [4.69, 9.17) is 4.74 Å². The molecule has 3 saturated heterocycles. The highest BCUT2D eigenvalue weighted by Crippen LogP contribution is 2.42. The number of rotatable bonds is 7. The van der Waals surface area contributed by atoms with Crippen LogP contribution in [-0.4, -0.2) is 79.1 Å². The van der Waals surface area contributed by atoms with E-state index in [9.17, 15) is 23.1 Å². The molecular weight excluding hydrogens is 601 g/mol. The Morgan fingerprint density at radius 2 is 1.68 bits per heavy atom. The van der Waals surface area contributed by atoms with E-state index in [0.29, 0.717) is 5.69 Å². The average molecular weight is 637 g/mol. The fraction of sp³-hybridized carbons (Fsp3) is 0.469. The van der Waals surface area contributed by atoms with Crippen LogP contribution < -0.4 is 9.80 Å². The molecule has 12 heteroatoms. The first-order valence-corrected chi connectivity index (χ1v) is 17.6. The summed E-state index contributed by atoms with van der Waals surface area (Å²) in [5, 5.41) is 10.2. The van der Waals surface area contributed by atoms with E-state index in [1.807, 2.05) is 30.3 Å². The van der Waals surface area contributed by atoms with Crippen molar-refractivity contribution in [2.45, 2.75) is 68.1 Å². The van der Waals surface area contributed by atoms with Gasteiger partial charge in [0.05, 0.1) is 30.5 Å².